The van der Waals surface area contributed by atoms with Crippen LogP contribution >= 0.6 is 0 Å². The van der Waals surface area contributed by atoms with Crippen molar-refractivity contribution in [1.29, 1.82) is 0 Å². The summed E-state index contributed by atoms with van der Waals surface area (Å²) in [5.74, 6) is -3.00. The van der Waals surface area contributed by atoms with Gasteiger partial charge in [-0.15, -0.1) is 0 Å². The number of carbonyl (C=O) groups excluding carboxylic acids is 3. The lowest BCUT2D eigenvalue weighted by Gasteiger charge is -2.26. The minimum Gasteiger partial charge on any atom is -0.480 e. The molecule has 11 heteroatoms. The molecule has 39 heavy (non-hydrogen) atoms. The molecule has 1 rings (SSSR count). The summed E-state index contributed by atoms with van der Waals surface area (Å²) in [5, 5.41) is 9.66. The molecular formula is C28H43NO10. The molecule has 0 aliphatic heterocycles. The zero-order chi connectivity index (χ0) is 29.7. The molecule has 0 saturated carbocycles. The fraction of sp³-hybridized carbons (Fsp3) is 0.643. The highest BCUT2D eigenvalue weighted by Crippen LogP contribution is 2.35. The number of benzene rings is 1. The minimum atomic E-state index is -1.37. The molecule has 0 saturated heterocycles. The minimum absolute atomic E-state index is 0.0489. The molecular weight excluding hydrogens is 510 g/mol. The average molecular weight is 554 g/mol. The van der Waals surface area contributed by atoms with Crippen LogP contribution in [0.2, 0.25) is 0 Å². The quantitative estimate of drug-likeness (QED) is 0.165. The summed E-state index contributed by atoms with van der Waals surface area (Å²) in [6.45, 7) is 13.0. The van der Waals surface area contributed by atoms with Gasteiger partial charge in [-0.3, -0.25) is 9.59 Å². The smallest absolute Gasteiger partial charge is 0.480 e. The van der Waals surface area contributed by atoms with Crippen LogP contribution in [0.1, 0.15) is 79.2 Å². The van der Waals surface area contributed by atoms with Gasteiger partial charge >= 0.3 is 24.2 Å². The van der Waals surface area contributed by atoms with Crippen LogP contribution in [0.15, 0.2) is 18.2 Å². The Kier molecular flexibility index (Phi) is 14.3. The van der Waals surface area contributed by atoms with Gasteiger partial charge in [-0.2, -0.15) is 0 Å². The summed E-state index contributed by atoms with van der Waals surface area (Å²) in [5.41, 5.74) is 6.39. The molecule has 0 heterocycles. The summed E-state index contributed by atoms with van der Waals surface area (Å²) in [7, 11) is 0. The van der Waals surface area contributed by atoms with Crippen molar-refractivity contribution in [2.45, 2.75) is 85.8 Å². The normalized spacial score (nSPS) is 14.2. The maximum atomic E-state index is 12.4. The molecule has 0 aliphatic carbocycles. The Balaban J connectivity index is 3.30. The number of hydrogen-bond donors (Lipinski definition) is 2. The van der Waals surface area contributed by atoms with E-state index in [0.29, 0.717) is 12.0 Å². The third kappa shape index (κ3) is 12.4. The molecule has 0 aromatic heterocycles. The van der Waals surface area contributed by atoms with Gasteiger partial charge in [0, 0.05) is 5.92 Å². The van der Waals surface area contributed by atoms with Crippen LogP contribution in [-0.2, 0) is 23.8 Å². The van der Waals surface area contributed by atoms with Gasteiger partial charge in [-0.05, 0) is 49.3 Å². The van der Waals surface area contributed by atoms with Crippen molar-refractivity contribution >= 4 is 24.2 Å². The van der Waals surface area contributed by atoms with E-state index in [2.05, 4.69) is 0 Å². The largest absolute Gasteiger partial charge is 0.513 e. The fourth-order valence-electron chi connectivity index (χ4n) is 3.56. The topological polar surface area (TPSA) is 161 Å². The lowest BCUT2D eigenvalue weighted by molar-refractivity contribution is -0.153. The second-order valence-electron chi connectivity index (χ2n) is 10.5. The third-order valence-electron chi connectivity index (χ3n) is 5.60. The lowest BCUT2D eigenvalue weighted by Crippen LogP contribution is -2.38. The van der Waals surface area contributed by atoms with E-state index in [-0.39, 0.29) is 54.9 Å². The van der Waals surface area contributed by atoms with E-state index < -0.39 is 36.3 Å². The Bertz CT molecular complexity index is 962. The summed E-state index contributed by atoms with van der Waals surface area (Å²) in [6, 6.07) is 2.82. The number of hydrogen-bond acceptors (Lipinski definition) is 10. The van der Waals surface area contributed by atoms with Crippen LogP contribution < -0.4 is 15.2 Å². The first-order chi connectivity index (χ1) is 18.2. The first kappa shape index (κ1) is 33.7. The second kappa shape index (κ2) is 16.6. The zero-order valence-electron chi connectivity index (χ0n) is 23.9. The SMILES string of the molecule is CCCC(C)C(=O)OC(C)CC(c1ccc(OC(=O)OCC(C)C)c(OC(=O)OCC(C)C)c1)[C@H](N)C(=O)O. The highest BCUT2D eigenvalue weighted by Gasteiger charge is 2.31. The van der Waals surface area contributed by atoms with Gasteiger partial charge in [0.05, 0.1) is 25.2 Å². The van der Waals surface area contributed by atoms with Crippen LogP contribution in [0, 0.1) is 17.8 Å². The predicted molar refractivity (Wildman–Crippen MR) is 143 cm³/mol. The molecule has 4 atom stereocenters. The van der Waals surface area contributed by atoms with Crippen LogP contribution in [0.25, 0.3) is 0 Å². The van der Waals surface area contributed by atoms with Crippen molar-refractivity contribution < 1.29 is 48.0 Å². The van der Waals surface area contributed by atoms with Crippen LogP contribution in [-0.4, -0.2) is 54.7 Å². The molecule has 1 aromatic rings. The second-order valence-corrected chi connectivity index (χ2v) is 10.5. The van der Waals surface area contributed by atoms with Crippen molar-refractivity contribution in [3.63, 3.8) is 0 Å². The zero-order valence-corrected chi connectivity index (χ0v) is 23.9. The van der Waals surface area contributed by atoms with Crippen molar-refractivity contribution in [3.05, 3.63) is 23.8 Å². The van der Waals surface area contributed by atoms with Gasteiger partial charge in [-0.25, -0.2) is 9.59 Å². The van der Waals surface area contributed by atoms with E-state index in [1.54, 1.807) is 13.8 Å². The number of carbonyl (C=O) groups is 4. The van der Waals surface area contributed by atoms with Crippen molar-refractivity contribution in [2.24, 2.45) is 23.5 Å². The molecule has 0 fully saturated rings. The van der Waals surface area contributed by atoms with Crippen molar-refractivity contribution in [3.8, 4) is 11.5 Å². The Morgan fingerprint density at radius 3 is 1.90 bits per heavy atom. The predicted octanol–water partition coefficient (Wildman–Crippen LogP) is 5.28. The van der Waals surface area contributed by atoms with Gasteiger partial charge in [0.1, 0.15) is 6.04 Å². The van der Waals surface area contributed by atoms with Crippen molar-refractivity contribution in [2.75, 3.05) is 13.2 Å². The molecule has 3 unspecified atom stereocenters. The van der Waals surface area contributed by atoms with E-state index in [4.69, 9.17) is 29.4 Å². The Morgan fingerprint density at radius 2 is 1.41 bits per heavy atom. The number of aliphatic carboxylic acids is 1. The first-order valence-corrected chi connectivity index (χ1v) is 13.3. The number of nitrogens with two attached hydrogens (primary N) is 1. The summed E-state index contributed by atoms with van der Waals surface area (Å²) in [6.07, 6.45) is -1.14. The number of esters is 1. The summed E-state index contributed by atoms with van der Waals surface area (Å²) in [4.78, 5) is 48.7. The number of carboxylic acids is 1. The molecule has 11 nitrogen and oxygen atoms in total. The number of ether oxygens (including phenoxy) is 5. The number of carboxylic acid groups (broad SMARTS) is 1. The molecule has 0 radical (unpaired) electrons. The fourth-order valence-corrected chi connectivity index (χ4v) is 3.56. The molecule has 0 aliphatic rings. The number of rotatable bonds is 15. The highest BCUT2D eigenvalue weighted by atomic mass is 16.7. The molecule has 220 valence electrons. The highest BCUT2D eigenvalue weighted by molar-refractivity contribution is 5.75. The van der Waals surface area contributed by atoms with E-state index in [1.165, 1.54) is 18.2 Å². The van der Waals surface area contributed by atoms with Crippen molar-refractivity contribution in [1.82, 2.24) is 0 Å². The molecule has 0 spiro atoms. The van der Waals surface area contributed by atoms with Crippen LogP contribution in [0.5, 0.6) is 11.5 Å². The van der Waals surface area contributed by atoms with E-state index in [1.807, 2.05) is 34.6 Å². The summed E-state index contributed by atoms with van der Waals surface area (Å²) >= 11 is 0. The van der Waals surface area contributed by atoms with Gasteiger partial charge in [0.15, 0.2) is 11.5 Å². The molecule has 3 N–H and O–H groups in total. The summed E-state index contributed by atoms with van der Waals surface area (Å²) < 4.78 is 26.2. The standard InChI is InChI=1S/C28H43NO10/c1-8-9-18(6)26(32)37-19(7)12-21(24(29)25(30)31)20-10-11-22(38-27(33)35-14-16(2)3)23(13-20)39-28(34)36-15-17(4)5/h10-11,13,16-19,21,24H,8-9,12,14-15,29H2,1-7H3,(H,30,31)/t18?,19?,21?,24-/m0/s1. The van der Waals surface area contributed by atoms with Crippen LogP contribution in [0.4, 0.5) is 9.59 Å². The first-order valence-electron chi connectivity index (χ1n) is 13.3. The molecule has 1 aromatic carbocycles. The van der Waals surface area contributed by atoms with E-state index >= 15 is 0 Å². The maximum absolute atomic E-state index is 12.4. The van der Waals surface area contributed by atoms with E-state index in [0.717, 1.165) is 6.42 Å². The molecule has 0 bridgehead atoms. The Labute approximate surface area is 230 Å². The third-order valence-corrected chi connectivity index (χ3v) is 5.60. The van der Waals surface area contributed by atoms with Gasteiger partial charge in [0.2, 0.25) is 0 Å². The average Bonchev–Trinajstić information content (AvgIpc) is 2.85. The monoisotopic (exact) mass is 553 g/mol. The van der Waals surface area contributed by atoms with Gasteiger partial charge in [0.25, 0.3) is 0 Å². The Morgan fingerprint density at radius 1 is 0.872 bits per heavy atom. The van der Waals surface area contributed by atoms with Gasteiger partial charge < -0.3 is 34.5 Å². The van der Waals surface area contributed by atoms with Crippen LogP contribution in [0.3, 0.4) is 0 Å². The van der Waals surface area contributed by atoms with E-state index in [9.17, 15) is 24.3 Å². The van der Waals surface area contributed by atoms with Gasteiger partial charge in [-0.1, -0.05) is 54.0 Å². The lowest BCUT2D eigenvalue weighted by atomic mass is 9.87. The maximum Gasteiger partial charge on any atom is 0.513 e. The Hall–Kier alpha value is -3.34. The molecule has 0 amide bonds.